The summed E-state index contributed by atoms with van der Waals surface area (Å²) in [5.41, 5.74) is 1.29. The van der Waals surface area contributed by atoms with Crippen LogP contribution in [0.4, 0.5) is 0 Å². The maximum Gasteiger partial charge on any atom is 0.252 e. The molecular weight excluding hydrogens is 252 g/mol. The molecule has 4 nitrogen and oxygen atoms in total. The Morgan fingerprint density at radius 1 is 1.39 bits per heavy atom. The molecule has 0 aliphatic heterocycles. The molecule has 0 bridgehead atoms. The number of nitrogens with one attached hydrogen (secondary N) is 1. The topological polar surface area (TPSA) is 62.2 Å². The average Bonchev–Trinajstić information content (AvgIpc) is 2.38. The number of aliphatic hydroxyl groups is 1. The first-order valence-corrected chi connectivity index (χ1v) is 6.03. The second-order valence-corrected chi connectivity index (χ2v) is 4.33. The molecule has 5 heteroatoms. The van der Waals surface area contributed by atoms with E-state index in [4.69, 9.17) is 16.7 Å². The molecule has 0 saturated carbocycles. The SMILES string of the molecule is O=C(NCCCO)c1cnc2ccc(Cl)cc2c1. The van der Waals surface area contributed by atoms with Crippen LogP contribution in [0, 0.1) is 0 Å². The van der Waals surface area contributed by atoms with Gasteiger partial charge in [0, 0.05) is 29.8 Å². The van der Waals surface area contributed by atoms with Crippen molar-refractivity contribution in [1.82, 2.24) is 10.3 Å². The second-order valence-electron chi connectivity index (χ2n) is 3.89. The van der Waals surface area contributed by atoms with Gasteiger partial charge >= 0.3 is 0 Å². The zero-order valence-corrected chi connectivity index (χ0v) is 10.4. The lowest BCUT2D eigenvalue weighted by atomic mass is 10.1. The summed E-state index contributed by atoms with van der Waals surface area (Å²) in [6.07, 6.45) is 2.07. The fourth-order valence-electron chi connectivity index (χ4n) is 1.61. The van der Waals surface area contributed by atoms with Crippen LogP contribution in [0.15, 0.2) is 30.5 Å². The highest BCUT2D eigenvalue weighted by Crippen LogP contribution is 2.18. The number of amides is 1. The third kappa shape index (κ3) is 2.97. The lowest BCUT2D eigenvalue weighted by molar-refractivity contribution is 0.0951. The lowest BCUT2D eigenvalue weighted by Crippen LogP contribution is -2.25. The van der Waals surface area contributed by atoms with Gasteiger partial charge in [-0.15, -0.1) is 0 Å². The molecule has 94 valence electrons. The Balaban J connectivity index is 2.21. The minimum atomic E-state index is -0.196. The predicted molar refractivity (Wildman–Crippen MR) is 70.8 cm³/mol. The van der Waals surface area contributed by atoms with Gasteiger partial charge in [-0.3, -0.25) is 9.78 Å². The van der Waals surface area contributed by atoms with Crippen LogP contribution in [0.25, 0.3) is 10.9 Å². The van der Waals surface area contributed by atoms with E-state index in [1.807, 2.05) is 6.07 Å². The molecule has 0 fully saturated rings. The van der Waals surface area contributed by atoms with Crippen molar-refractivity contribution < 1.29 is 9.90 Å². The third-order valence-corrected chi connectivity index (χ3v) is 2.76. The van der Waals surface area contributed by atoms with Crippen molar-refractivity contribution in [3.05, 3.63) is 41.0 Å². The summed E-state index contributed by atoms with van der Waals surface area (Å²) in [5.74, 6) is -0.196. The summed E-state index contributed by atoms with van der Waals surface area (Å²) in [6, 6.07) is 7.10. The molecule has 0 radical (unpaired) electrons. The molecule has 2 rings (SSSR count). The van der Waals surface area contributed by atoms with Crippen LogP contribution < -0.4 is 5.32 Å². The largest absolute Gasteiger partial charge is 0.396 e. The minimum absolute atomic E-state index is 0.0614. The van der Waals surface area contributed by atoms with Gasteiger partial charge in [0.1, 0.15) is 0 Å². The van der Waals surface area contributed by atoms with Crippen molar-refractivity contribution in [2.24, 2.45) is 0 Å². The molecular formula is C13H13ClN2O2. The van der Waals surface area contributed by atoms with E-state index in [0.717, 1.165) is 10.9 Å². The van der Waals surface area contributed by atoms with Crippen LogP contribution in [0.5, 0.6) is 0 Å². The van der Waals surface area contributed by atoms with Gasteiger partial charge in [-0.25, -0.2) is 0 Å². The normalized spacial score (nSPS) is 10.6. The van der Waals surface area contributed by atoms with Crippen molar-refractivity contribution in [3.63, 3.8) is 0 Å². The minimum Gasteiger partial charge on any atom is -0.396 e. The Kier molecular flexibility index (Phi) is 4.12. The zero-order chi connectivity index (χ0) is 13.0. The molecule has 1 heterocycles. The molecule has 1 aromatic carbocycles. The van der Waals surface area contributed by atoms with Crippen LogP contribution in [-0.2, 0) is 0 Å². The molecule has 0 aliphatic rings. The Hall–Kier alpha value is -1.65. The number of aliphatic hydroxyl groups excluding tert-OH is 1. The number of hydrogen-bond donors (Lipinski definition) is 2. The molecule has 0 unspecified atom stereocenters. The standard InChI is InChI=1S/C13H13ClN2O2/c14-11-2-3-12-9(7-11)6-10(8-16-12)13(18)15-4-1-5-17/h2-3,6-8,17H,1,4-5H2,(H,15,18). The summed E-state index contributed by atoms with van der Waals surface area (Å²) >= 11 is 5.90. The number of nitrogens with zero attached hydrogens (tertiary/aromatic N) is 1. The molecule has 1 amide bonds. The van der Waals surface area contributed by atoms with Gasteiger partial charge in [-0.05, 0) is 30.7 Å². The lowest BCUT2D eigenvalue weighted by Gasteiger charge is -2.05. The van der Waals surface area contributed by atoms with Crippen molar-refractivity contribution in [2.75, 3.05) is 13.2 Å². The molecule has 0 aliphatic carbocycles. The predicted octanol–water partition coefficient (Wildman–Crippen LogP) is 2.00. The summed E-state index contributed by atoms with van der Waals surface area (Å²) < 4.78 is 0. The first-order chi connectivity index (χ1) is 8.70. The smallest absolute Gasteiger partial charge is 0.252 e. The second kappa shape index (κ2) is 5.80. The first-order valence-electron chi connectivity index (χ1n) is 5.65. The zero-order valence-electron chi connectivity index (χ0n) is 9.69. The maximum absolute atomic E-state index is 11.8. The Labute approximate surface area is 110 Å². The van der Waals surface area contributed by atoms with E-state index in [-0.39, 0.29) is 12.5 Å². The Bertz CT molecular complexity index is 572. The number of carbonyl (C=O) groups is 1. The van der Waals surface area contributed by atoms with E-state index >= 15 is 0 Å². The van der Waals surface area contributed by atoms with Gasteiger partial charge in [0.15, 0.2) is 0 Å². The number of pyridine rings is 1. The fraction of sp³-hybridized carbons (Fsp3) is 0.231. The van der Waals surface area contributed by atoms with Gasteiger partial charge < -0.3 is 10.4 Å². The number of carbonyl (C=O) groups excluding carboxylic acids is 1. The molecule has 2 aromatic rings. The van der Waals surface area contributed by atoms with Gasteiger partial charge in [-0.2, -0.15) is 0 Å². The quantitative estimate of drug-likeness (QED) is 0.831. The van der Waals surface area contributed by atoms with Crippen molar-refractivity contribution >= 4 is 28.4 Å². The fourth-order valence-corrected chi connectivity index (χ4v) is 1.79. The number of aromatic nitrogens is 1. The van der Waals surface area contributed by atoms with Crippen molar-refractivity contribution in [2.45, 2.75) is 6.42 Å². The number of halogens is 1. The molecule has 0 atom stereocenters. The van der Waals surface area contributed by atoms with Crippen LogP contribution in [0.3, 0.4) is 0 Å². The van der Waals surface area contributed by atoms with Gasteiger partial charge in [0.2, 0.25) is 0 Å². The van der Waals surface area contributed by atoms with E-state index in [1.165, 1.54) is 6.20 Å². The van der Waals surface area contributed by atoms with Gasteiger partial charge in [0.25, 0.3) is 5.91 Å². The summed E-state index contributed by atoms with van der Waals surface area (Å²) in [6.45, 7) is 0.509. The van der Waals surface area contributed by atoms with E-state index in [2.05, 4.69) is 10.3 Å². The highest BCUT2D eigenvalue weighted by molar-refractivity contribution is 6.31. The van der Waals surface area contributed by atoms with Crippen LogP contribution in [-0.4, -0.2) is 29.1 Å². The highest BCUT2D eigenvalue weighted by atomic mass is 35.5. The van der Waals surface area contributed by atoms with Gasteiger partial charge in [-0.1, -0.05) is 11.6 Å². The van der Waals surface area contributed by atoms with Crippen molar-refractivity contribution in [3.8, 4) is 0 Å². The number of fused-ring (bicyclic) bond motifs is 1. The Morgan fingerprint density at radius 3 is 3.00 bits per heavy atom. The first kappa shape index (κ1) is 12.8. The highest BCUT2D eigenvalue weighted by Gasteiger charge is 2.06. The summed E-state index contributed by atoms with van der Waals surface area (Å²) in [4.78, 5) is 16.0. The van der Waals surface area contributed by atoms with Gasteiger partial charge in [0.05, 0.1) is 11.1 Å². The summed E-state index contributed by atoms with van der Waals surface area (Å²) in [7, 11) is 0. The van der Waals surface area contributed by atoms with Crippen LogP contribution in [0.2, 0.25) is 5.02 Å². The summed E-state index contributed by atoms with van der Waals surface area (Å²) in [5, 5.41) is 12.8. The van der Waals surface area contributed by atoms with E-state index in [9.17, 15) is 4.79 Å². The number of benzene rings is 1. The molecule has 1 aromatic heterocycles. The molecule has 2 N–H and O–H groups in total. The monoisotopic (exact) mass is 264 g/mol. The van der Waals surface area contributed by atoms with E-state index in [0.29, 0.717) is 23.6 Å². The molecule has 18 heavy (non-hydrogen) atoms. The van der Waals surface area contributed by atoms with E-state index in [1.54, 1.807) is 18.2 Å². The number of rotatable bonds is 4. The Morgan fingerprint density at radius 2 is 2.22 bits per heavy atom. The molecule has 0 saturated heterocycles. The van der Waals surface area contributed by atoms with E-state index < -0.39 is 0 Å². The molecule has 0 spiro atoms. The number of hydrogen-bond acceptors (Lipinski definition) is 3. The van der Waals surface area contributed by atoms with Crippen molar-refractivity contribution in [1.29, 1.82) is 0 Å². The third-order valence-electron chi connectivity index (χ3n) is 2.53. The van der Waals surface area contributed by atoms with Crippen LogP contribution >= 0.6 is 11.6 Å². The maximum atomic E-state index is 11.8. The van der Waals surface area contributed by atoms with Crippen LogP contribution in [0.1, 0.15) is 16.8 Å². The average molecular weight is 265 g/mol.